The molecule has 1 unspecified atom stereocenters. The molecule has 1 rings (SSSR count). The molecule has 0 aliphatic rings. The maximum Gasteiger partial charge on any atom is 0.140 e. The van der Waals surface area contributed by atoms with Crippen LogP contribution in [0.4, 0.5) is 0 Å². The number of hydrogen-bond donors (Lipinski definition) is 0. The van der Waals surface area contributed by atoms with Crippen molar-refractivity contribution in [3.63, 3.8) is 0 Å². The van der Waals surface area contributed by atoms with E-state index in [2.05, 4.69) is 68.9 Å². The zero-order valence-corrected chi connectivity index (χ0v) is 13.8. The second kappa shape index (κ2) is 8.96. The van der Waals surface area contributed by atoms with Gasteiger partial charge in [0.25, 0.3) is 0 Å². The SMILES string of the molecule is C=CC(CCc1ccccc1)[N+](C)(C)CC#CC.[Br-]. The molecule has 0 aliphatic heterocycles. The molecule has 0 amide bonds. The van der Waals surface area contributed by atoms with Crippen LogP contribution in [0.5, 0.6) is 0 Å². The number of likely N-dealkylation sites (N-methyl/N-ethyl adjacent to an activating group) is 1. The van der Waals surface area contributed by atoms with Crippen LogP contribution in [0.2, 0.25) is 0 Å². The summed E-state index contributed by atoms with van der Waals surface area (Å²) in [6, 6.07) is 11.1. The molecule has 0 fully saturated rings. The van der Waals surface area contributed by atoms with Crippen molar-refractivity contribution < 1.29 is 21.5 Å². The minimum Gasteiger partial charge on any atom is -1.00 e. The van der Waals surface area contributed by atoms with E-state index in [1.165, 1.54) is 5.56 Å². The average Bonchev–Trinajstić information content (AvgIpc) is 2.38. The van der Waals surface area contributed by atoms with Gasteiger partial charge < -0.3 is 21.5 Å². The average molecular weight is 322 g/mol. The summed E-state index contributed by atoms with van der Waals surface area (Å²) < 4.78 is 0.886. The van der Waals surface area contributed by atoms with Crippen LogP contribution in [0, 0.1) is 11.8 Å². The molecule has 1 atom stereocenters. The van der Waals surface area contributed by atoms with Gasteiger partial charge in [-0.2, -0.15) is 0 Å². The van der Waals surface area contributed by atoms with Gasteiger partial charge in [0.05, 0.1) is 14.1 Å². The monoisotopic (exact) mass is 321 g/mol. The Bertz CT molecular complexity index is 426. The van der Waals surface area contributed by atoms with Gasteiger partial charge in [-0.15, -0.1) is 5.92 Å². The third-order valence-electron chi connectivity index (χ3n) is 3.40. The molecule has 0 N–H and O–H groups in total. The van der Waals surface area contributed by atoms with Crippen LogP contribution in [0.1, 0.15) is 18.9 Å². The third-order valence-corrected chi connectivity index (χ3v) is 3.40. The van der Waals surface area contributed by atoms with Crippen molar-refractivity contribution in [3.05, 3.63) is 48.6 Å². The lowest BCUT2D eigenvalue weighted by molar-refractivity contribution is -0.901. The third kappa shape index (κ3) is 6.09. The first-order valence-electron chi connectivity index (χ1n) is 6.49. The molecule has 1 aromatic carbocycles. The normalized spacial score (nSPS) is 11.7. The van der Waals surface area contributed by atoms with E-state index in [0.717, 1.165) is 23.9 Å². The summed E-state index contributed by atoms with van der Waals surface area (Å²) in [5.74, 6) is 6.15. The van der Waals surface area contributed by atoms with Crippen molar-refractivity contribution in [1.82, 2.24) is 0 Å². The van der Waals surface area contributed by atoms with E-state index in [0.29, 0.717) is 6.04 Å². The Balaban J connectivity index is 0.00000324. The Kier molecular flexibility index (Phi) is 8.47. The highest BCUT2D eigenvalue weighted by Crippen LogP contribution is 2.15. The zero-order valence-electron chi connectivity index (χ0n) is 12.2. The number of halogens is 1. The summed E-state index contributed by atoms with van der Waals surface area (Å²) in [5, 5.41) is 0. The highest BCUT2D eigenvalue weighted by molar-refractivity contribution is 5.15. The largest absolute Gasteiger partial charge is 1.00 e. The van der Waals surface area contributed by atoms with Gasteiger partial charge >= 0.3 is 0 Å². The topological polar surface area (TPSA) is 0 Å². The van der Waals surface area contributed by atoms with E-state index in [1.54, 1.807) is 0 Å². The van der Waals surface area contributed by atoms with Gasteiger partial charge in [-0.25, -0.2) is 0 Å². The predicted molar refractivity (Wildman–Crippen MR) is 79.2 cm³/mol. The molecule has 0 radical (unpaired) electrons. The smallest absolute Gasteiger partial charge is 0.140 e. The Morgan fingerprint density at radius 2 is 1.89 bits per heavy atom. The lowest BCUT2D eigenvalue weighted by Gasteiger charge is -2.35. The number of quaternary nitrogens is 1. The van der Waals surface area contributed by atoms with E-state index < -0.39 is 0 Å². The maximum atomic E-state index is 3.98. The first kappa shape index (κ1) is 18.0. The summed E-state index contributed by atoms with van der Waals surface area (Å²) in [5.41, 5.74) is 1.39. The molecule has 0 heterocycles. The van der Waals surface area contributed by atoms with Crippen LogP contribution in [0.15, 0.2) is 43.0 Å². The van der Waals surface area contributed by atoms with Gasteiger partial charge in [0.2, 0.25) is 0 Å². The van der Waals surface area contributed by atoms with Crippen molar-refractivity contribution in [2.75, 3.05) is 20.6 Å². The van der Waals surface area contributed by atoms with E-state index in [-0.39, 0.29) is 17.0 Å². The molecule has 2 heteroatoms. The summed E-state index contributed by atoms with van der Waals surface area (Å²) in [7, 11) is 4.45. The summed E-state index contributed by atoms with van der Waals surface area (Å²) in [4.78, 5) is 0. The van der Waals surface area contributed by atoms with Crippen LogP contribution in [0.3, 0.4) is 0 Å². The molecule has 0 bridgehead atoms. The molecule has 0 saturated heterocycles. The quantitative estimate of drug-likeness (QED) is 0.401. The lowest BCUT2D eigenvalue weighted by atomic mass is 10.0. The Morgan fingerprint density at radius 1 is 1.26 bits per heavy atom. The maximum absolute atomic E-state index is 3.98. The fourth-order valence-electron chi connectivity index (χ4n) is 2.11. The summed E-state index contributed by atoms with van der Waals surface area (Å²) in [6.45, 7) is 6.76. The van der Waals surface area contributed by atoms with Gasteiger partial charge in [0.15, 0.2) is 0 Å². The number of rotatable bonds is 6. The van der Waals surface area contributed by atoms with Gasteiger partial charge in [0.1, 0.15) is 12.6 Å². The Labute approximate surface area is 128 Å². The molecule has 0 aromatic heterocycles. The first-order chi connectivity index (χ1) is 8.60. The van der Waals surface area contributed by atoms with Crippen molar-refractivity contribution in [2.45, 2.75) is 25.8 Å². The van der Waals surface area contributed by atoms with Crippen LogP contribution in [-0.4, -0.2) is 31.2 Å². The molecule has 0 aliphatic carbocycles. The molecule has 1 aromatic rings. The number of benzene rings is 1. The highest BCUT2D eigenvalue weighted by Gasteiger charge is 2.23. The van der Waals surface area contributed by atoms with Crippen LogP contribution < -0.4 is 17.0 Å². The van der Waals surface area contributed by atoms with Gasteiger partial charge in [0, 0.05) is 6.42 Å². The zero-order chi connectivity index (χ0) is 13.4. The van der Waals surface area contributed by atoms with Crippen molar-refractivity contribution in [1.29, 1.82) is 0 Å². The number of aryl methyl sites for hydroxylation is 1. The highest BCUT2D eigenvalue weighted by atomic mass is 79.9. The fraction of sp³-hybridized carbons (Fsp3) is 0.412. The van der Waals surface area contributed by atoms with Gasteiger partial charge in [-0.1, -0.05) is 36.9 Å². The van der Waals surface area contributed by atoms with Crippen LogP contribution >= 0.6 is 0 Å². The molecular formula is C17H24BrN. The van der Waals surface area contributed by atoms with Crippen LogP contribution in [0.25, 0.3) is 0 Å². The van der Waals surface area contributed by atoms with Gasteiger partial charge in [-0.3, -0.25) is 0 Å². The molecule has 0 saturated carbocycles. The standard InChI is InChI=1S/C17H24N.BrH/c1-5-7-15-18(3,4)17(6-2)14-13-16-11-9-8-10-12-16;/h6,8-12,17H,2,13-15H2,1,3-4H3;1H/q+1;/p-1. The van der Waals surface area contributed by atoms with Crippen LogP contribution in [-0.2, 0) is 6.42 Å². The second-order valence-electron chi connectivity index (χ2n) is 5.19. The Hall–Kier alpha value is -1.04. The molecule has 104 valence electrons. The number of nitrogens with zero attached hydrogens (tertiary/aromatic N) is 1. The second-order valence-corrected chi connectivity index (χ2v) is 5.19. The van der Waals surface area contributed by atoms with E-state index in [9.17, 15) is 0 Å². The Morgan fingerprint density at radius 3 is 2.42 bits per heavy atom. The van der Waals surface area contributed by atoms with E-state index in [4.69, 9.17) is 0 Å². The minimum absolute atomic E-state index is 0. The molecule has 19 heavy (non-hydrogen) atoms. The van der Waals surface area contributed by atoms with Crippen molar-refractivity contribution >= 4 is 0 Å². The predicted octanol–water partition coefficient (Wildman–Crippen LogP) is 0.278. The molecule has 0 spiro atoms. The fourth-order valence-corrected chi connectivity index (χ4v) is 2.11. The van der Waals surface area contributed by atoms with Crippen molar-refractivity contribution in [3.8, 4) is 11.8 Å². The van der Waals surface area contributed by atoms with E-state index in [1.807, 2.05) is 6.92 Å². The minimum atomic E-state index is 0. The molecular weight excluding hydrogens is 298 g/mol. The summed E-state index contributed by atoms with van der Waals surface area (Å²) in [6.07, 6.45) is 4.28. The molecule has 1 nitrogen and oxygen atoms in total. The summed E-state index contributed by atoms with van der Waals surface area (Å²) >= 11 is 0. The van der Waals surface area contributed by atoms with E-state index >= 15 is 0 Å². The first-order valence-corrected chi connectivity index (χ1v) is 6.49. The van der Waals surface area contributed by atoms with Gasteiger partial charge in [-0.05, 0) is 30.9 Å². The lowest BCUT2D eigenvalue weighted by Crippen LogP contribution is -3.00. The van der Waals surface area contributed by atoms with Crippen molar-refractivity contribution in [2.24, 2.45) is 0 Å². The number of hydrogen-bond acceptors (Lipinski definition) is 0.